The number of halogens is 1. The number of carbonyl (C=O) groups excluding carboxylic acids is 1. The first-order valence-electron chi connectivity index (χ1n) is 7.60. The van der Waals surface area contributed by atoms with Gasteiger partial charge >= 0.3 is 6.09 Å². The van der Waals surface area contributed by atoms with Crippen LogP contribution in [0.15, 0.2) is 73.1 Å². The van der Waals surface area contributed by atoms with Crippen molar-refractivity contribution in [3.05, 3.63) is 73.1 Å². The van der Waals surface area contributed by atoms with Crippen molar-refractivity contribution < 1.29 is 36.4 Å². The number of ether oxygens (including phenoxy) is 3. The zero-order chi connectivity index (χ0) is 17.5. The molecule has 2 aromatic carbocycles. The molecule has 0 aliphatic heterocycles. The molecule has 2 N–H and O–H groups in total. The van der Waals surface area contributed by atoms with E-state index < -0.39 is 6.09 Å². The van der Waals surface area contributed by atoms with Gasteiger partial charge in [-0.05, 0) is 54.6 Å². The number of aromatic nitrogens is 1. The number of hydrogen-bond acceptors (Lipinski definition) is 4. The molecule has 134 valence electrons. The molecule has 0 unspecified atom stereocenters. The Kier molecular flexibility index (Phi) is 6.82. The number of anilines is 1. The largest absolute Gasteiger partial charge is 1.00 e. The quantitative estimate of drug-likeness (QED) is 0.723. The molecule has 1 aromatic heterocycles. The lowest BCUT2D eigenvalue weighted by Crippen LogP contribution is -3.00. The summed E-state index contributed by atoms with van der Waals surface area (Å²) in [5.41, 5.74) is 0.602. The number of hydrogen-bond donors (Lipinski definition) is 1. The first-order chi connectivity index (χ1) is 12.2. The van der Waals surface area contributed by atoms with Gasteiger partial charge in [-0.25, -0.2) is 9.78 Å². The van der Waals surface area contributed by atoms with Crippen LogP contribution in [0.3, 0.4) is 0 Å². The van der Waals surface area contributed by atoms with E-state index in [1.807, 2.05) is 12.1 Å². The third-order valence-electron chi connectivity index (χ3n) is 3.28. The van der Waals surface area contributed by atoms with Crippen molar-refractivity contribution >= 4 is 11.8 Å². The van der Waals surface area contributed by atoms with Gasteiger partial charge in [-0.2, -0.15) is 0 Å². The number of benzene rings is 2. The molecular weight excluding hydrogens is 356 g/mol. The molecule has 7 heteroatoms. The molecular formula is C19H17ClN2O4. The van der Waals surface area contributed by atoms with Crippen LogP contribution in [0.2, 0.25) is 0 Å². The van der Waals surface area contributed by atoms with E-state index in [1.54, 1.807) is 68.0 Å². The molecule has 1 heterocycles. The minimum absolute atomic E-state index is 0. The molecule has 0 saturated carbocycles. The van der Waals surface area contributed by atoms with Gasteiger partial charge in [0.2, 0.25) is 6.20 Å². The summed E-state index contributed by atoms with van der Waals surface area (Å²) in [7, 11) is 1.58. The van der Waals surface area contributed by atoms with Gasteiger partial charge < -0.3 is 26.6 Å². The van der Waals surface area contributed by atoms with Crippen molar-refractivity contribution in [1.82, 2.24) is 0 Å². The number of methoxy groups -OCH3 is 1. The van der Waals surface area contributed by atoms with Crippen LogP contribution < -0.4 is 36.9 Å². The standard InChI is InChI=1S/C19H16N2O4.ClH/c1-23-15-8-10-17(11-9-15)25-19(22)21-14-4-6-16(7-5-14)24-18-3-2-12-20-13-18;/h2-13H,1H3,(H,21,22);1H. The van der Waals surface area contributed by atoms with Gasteiger partial charge in [0.15, 0.2) is 11.9 Å². The fourth-order valence-corrected chi connectivity index (χ4v) is 2.08. The number of carbonyl (C=O) groups is 1. The van der Waals surface area contributed by atoms with Gasteiger partial charge in [-0.3, -0.25) is 5.32 Å². The maximum Gasteiger partial charge on any atom is 0.417 e. The Balaban J connectivity index is 0.00000243. The van der Waals surface area contributed by atoms with E-state index in [1.165, 1.54) is 0 Å². The average molecular weight is 373 g/mol. The second-order valence-corrected chi connectivity index (χ2v) is 5.06. The van der Waals surface area contributed by atoms with E-state index in [9.17, 15) is 4.79 Å². The van der Waals surface area contributed by atoms with Crippen LogP contribution in [0.1, 0.15) is 0 Å². The fraction of sp³-hybridized carbons (Fsp3) is 0.0526. The Bertz CT molecular complexity index is 824. The van der Waals surface area contributed by atoms with Crippen molar-refractivity contribution in [3.8, 4) is 23.0 Å². The van der Waals surface area contributed by atoms with Crippen molar-refractivity contribution in [1.29, 1.82) is 0 Å². The average Bonchev–Trinajstić information content (AvgIpc) is 2.65. The minimum Gasteiger partial charge on any atom is -1.00 e. The van der Waals surface area contributed by atoms with E-state index in [2.05, 4.69) is 10.3 Å². The molecule has 0 aliphatic carbocycles. The van der Waals surface area contributed by atoms with Crippen LogP contribution in [-0.2, 0) is 0 Å². The van der Waals surface area contributed by atoms with Crippen molar-refractivity contribution in [2.75, 3.05) is 12.4 Å². The molecule has 0 radical (unpaired) electrons. The third-order valence-corrected chi connectivity index (χ3v) is 3.28. The van der Waals surface area contributed by atoms with Gasteiger partial charge in [0.1, 0.15) is 17.2 Å². The summed E-state index contributed by atoms with van der Waals surface area (Å²) in [6, 6.07) is 17.4. The smallest absolute Gasteiger partial charge is 0.417 e. The number of nitrogens with one attached hydrogen (secondary N) is 2. The predicted octanol–water partition coefficient (Wildman–Crippen LogP) is 0.916. The Morgan fingerprint density at radius 1 is 0.885 bits per heavy atom. The summed E-state index contributed by atoms with van der Waals surface area (Å²) < 4.78 is 15.9. The molecule has 3 rings (SSSR count). The zero-order valence-corrected chi connectivity index (χ0v) is 14.7. The lowest BCUT2D eigenvalue weighted by Gasteiger charge is -2.08. The molecule has 0 aliphatic rings. The van der Waals surface area contributed by atoms with E-state index in [0.29, 0.717) is 28.7 Å². The molecule has 3 aromatic rings. The van der Waals surface area contributed by atoms with E-state index in [0.717, 1.165) is 0 Å². The third kappa shape index (κ3) is 5.39. The van der Waals surface area contributed by atoms with Crippen molar-refractivity contribution in [2.45, 2.75) is 0 Å². The fourth-order valence-electron chi connectivity index (χ4n) is 2.08. The first-order valence-corrected chi connectivity index (χ1v) is 7.60. The van der Waals surface area contributed by atoms with Gasteiger partial charge in [-0.15, -0.1) is 0 Å². The lowest BCUT2D eigenvalue weighted by molar-refractivity contribution is -0.378. The van der Waals surface area contributed by atoms with Crippen LogP contribution >= 0.6 is 0 Å². The van der Waals surface area contributed by atoms with E-state index in [-0.39, 0.29) is 12.4 Å². The topological polar surface area (TPSA) is 70.9 Å². The van der Waals surface area contributed by atoms with Crippen LogP contribution in [0.5, 0.6) is 23.0 Å². The SMILES string of the molecule is COc1ccc(OC(=O)Nc2ccc(Oc3ccc[nH+]c3)cc2)cc1.[Cl-]. The molecule has 1 amide bonds. The Morgan fingerprint density at radius 3 is 2.15 bits per heavy atom. The number of H-pyrrole nitrogens is 1. The highest BCUT2D eigenvalue weighted by Crippen LogP contribution is 2.22. The van der Waals surface area contributed by atoms with E-state index in [4.69, 9.17) is 14.2 Å². The first kappa shape index (κ1) is 19.1. The summed E-state index contributed by atoms with van der Waals surface area (Å²) in [5, 5.41) is 2.66. The maximum atomic E-state index is 11.9. The Hall–Kier alpha value is -3.25. The van der Waals surface area contributed by atoms with Crippen LogP contribution in [0.4, 0.5) is 10.5 Å². The molecule has 6 nitrogen and oxygen atoms in total. The number of pyridine rings is 1. The maximum absolute atomic E-state index is 11.9. The summed E-state index contributed by atoms with van der Waals surface area (Å²) in [4.78, 5) is 14.9. The number of rotatable bonds is 5. The summed E-state index contributed by atoms with van der Waals surface area (Å²) in [5.74, 6) is 2.48. The highest BCUT2D eigenvalue weighted by molar-refractivity contribution is 5.86. The highest BCUT2D eigenvalue weighted by atomic mass is 35.5. The zero-order valence-electron chi connectivity index (χ0n) is 13.9. The number of amides is 1. The Morgan fingerprint density at radius 2 is 1.54 bits per heavy atom. The molecule has 0 atom stereocenters. The van der Waals surface area contributed by atoms with Gasteiger partial charge in [0.25, 0.3) is 0 Å². The molecule has 0 bridgehead atoms. The second kappa shape index (κ2) is 9.29. The second-order valence-electron chi connectivity index (χ2n) is 5.06. The van der Waals surface area contributed by atoms with Crippen LogP contribution in [0, 0.1) is 0 Å². The van der Waals surface area contributed by atoms with Gasteiger partial charge in [-0.1, -0.05) is 0 Å². The van der Waals surface area contributed by atoms with Gasteiger partial charge in [0, 0.05) is 11.8 Å². The number of aromatic amines is 1. The highest BCUT2D eigenvalue weighted by Gasteiger charge is 2.06. The normalized spacial score (nSPS) is 9.58. The summed E-state index contributed by atoms with van der Waals surface area (Å²) in [6.45, 7) is 0. The predicted molar refractivity (Wildman–Crippen MR) is 92.2 cm³/mol. The molecule has 0 spiro atoms. The van der Waals surface area contributed by atoms with Crippen LogP contribution in [0.25, 0.3) is 0 Å². The lowest BCUT2D eigenvalue weighted by atomic mass is 10.3. The van der Waals surface area contributed by atoms with Gasteiger partial charge in [0.05, 0.1) is 7.11 Å². The molecule has 26 heavy (non-hydrogen) atoms. The summed E-state index contributed by atoms with van der Waals surface area (Å²) >= 11 is 0. The van der Waals surface area contributed by atoms with Crippen molar-refractivity contribution in [2.24, 2.45) is 0 Å². The Labute approximate surface area is 157 Å². The summed E-state index contributed by atoms with van der Waals surface area (Å²) in [6.07, 6.45) is 2.98. The molecule has 0 saturated heterocycles. The molecule has 0 fully saturated rings. The van der Waals surface area contributed by atoms with E-state index >= 15 is 0 Å². The van der Waals surface area contributed by atoms with Crippen molar-refractivity contribution in [3.63, 3.8) is 0 Å². The monoisotopic (exact) mass is 372 g/mol. The van der Waals surface area contributed by atoms with Crippen LogP contribution in [-0.4, -0.2) is 13.2 Å². The minimum atomic E-state index is -0.573.